The molecule has 2 aromatic heterocycles. The summed E-state index contributed by atoms with van der Waals surface area (Å²) in [6.45, 7) is 8.01. The highest BCUT2D eigenvalue weighted by Crippen LogP contribution is 2.31. The van der Waals surface area contributed by atoms with Crippen LogP contribution in [0.25, 0.3) is 21.6 Å². The van der Waals surface area contributed by atoms with Gasteiger partial charge in [-0.3, -0.25) is 4.79 Å². The number of tetrazole rings is 1. The number of benzene rings is 2. The van der Waals surface area contributed by atoms with Crippen LogP contribution in [0.5, 0.6) is 10.9 Å². The van der Waals surface area contributed by atoms with Gasteiger partial charge in [0.05, 0.1) is 16.8 Å². The minimum Gasteiger partial charge on any atom is -0.460 e. The van der Waals surface area contributed by atoms with E-state index in [1.54, 1.807) is 0 Å². The molecule has 9 heteroatoms. The predicted octanol–water partition coefficient (Wildman–Crippen LogP) is 5.11. The standard InChI is InChI=1S/C23H25N5O3S/c1-15(13-20(29)31-23(2,3)4)14-28-26-21(25-27-28)16-9-11-17(12-10-16)30-22-24-18-7-5-6-8-19(18)32-22/h5-12,15H,13-14H2,1-4H3/t15-/m0/s1. The van der Waals surface area contributed by atoms with Gasteiger partial charge in [0.25, 0.3) is 5.19 Å². The smallest absolute Gasteiger partial charge is 0.306 e. The molecule has 4 aromatic rings. The van der Waals surface area contributed by atoms with Crippen LogP contribution in [0.3, 0.4) is 0 Å². The van der Waals surface area contributed by atoms with Crippen molar-refractivity contribution in [2.75, 3.05) is 0 Å². The average molecular weight is 452 g/mol. The van der Waals surface area contributed by atoms with Crippen molar-refractivity contribution in [2.24, 2.45) is 5.92 Å². The molecule has 32 heavy (non-hydrogen) atoms. The lowest BCUT2D eigenvalue weighted by Gasteiger charge is -2.20. The van der Waals surface area contributed by atoms with Crippen molar-refractivity contribution < 1.29 is 14.3 Å². The fourth-order valence-electron chi connectivity index (χ4n) is 3.11. The molecule has 0 bridgehead atoms. The number of hydrogen-bond donors (Lipinski definition) is 0. The van der Waals surface area contributed by atoms with E-state index in [-0.39, 0.29) is 11.9 Å². The number of aromatic nitrogens is 5. The molecular formula is C23H25N5O3S. The first-order valence-corrected chi connectivity index (χ1v) is 11.2. The van der Waals surface area contributed by atoms with Gasteiger partial charge in [0.15, 0.2) is 0 Å². The van der Waals surface area contributed by atoms with Crippen LogP contribution < -0.4 is 4.74 Å². The van der Waals surface area contributed by atoms with Crippen LogP contribution >= 0.6 is 11.3 Å². The third kappa shape index (κ3) is 5.67. The highest BCUT2D eigenvalue weighted by molar-refractivity contribution is 7.20. The lowest BCUT2D eigenvalue weighted by atomic mass is 10.1. The van der Waals surface area contributed by atoms with Crippen LogP contribution in [-0.2, 0) is 16.1 Å². The Hall–Kier alpha value is -3.33. The number of esters is 1. The van der Waals surface area contributed by atoms with Crippen LogP contribution in [-0.4, -0.2) is 36.8 Å². The van der Waals surface area contributed by atoms with Crippen LogP contribution in [0.2, 0.25) is 0 Å². The summed E-state index contributed by atoms with van der Waals surface area (Å²) in [5.41, 5.74) is 1.26. The molecule has 2 aromatic carbocycles. The van der Waals surface area contributed by atoms with Gasteiger partial charge < -0.3 is 9.47 Å². The molecule has 8 nitrogen and oxygen atoms in total. The molecule has 166 valence electrons. The normalized spacial score (nSPS) is 12.6. The second kappa shape index (κ2) is 9.04. The average Bonchev–Trinajstić information content (AvgIpc) is 3.33. The van der Waals surface area contributed by atoms with Gasteiger partial charge in [-0.1, -0.05) is 30.4 Å². The predicted molar refractivity (Wildman–Crippen MR) is 123 cm³/mol. The molecule has 0 aliphatic heterocycles. The van der Waals surface area contributed by atoms with Crippen molar-refractivity contribution in [1.82, 2.24) is 25.2 Å². The van der Waals surface area contributed by atoms with E-state index >= 15 is 0 Å². The molecule has 0 aliphatic carbocycles. The Morgan fingerprint density at radius 2 is 1.88 bits per heavy atom. The zero-order chi connectivity index (χ0) is 22.7. The summed E-state index contributed by atoms with van der Waals surface area (Å²) in [6, 6.07) is 15.4. The fraction of sp³-hybridized carbons (Fsp3) is 0.348. The van der Waals surface area contributed by atoms with E-state index in [0.717, 1.165) is 15.8 Å². The molecule has 0 saturated heterocycles. The Bertz CT molecular complexity index is 1180. The van der Waals surface area contributed by atoms with Crippen LogP contribution in [0.1, 0.15) is 34.1 Å². The summed E-state index contributed by atoms with van der Waals surface area (Å²) >= 11 is 1.50. The molecule has 0 radical (unpaired) electrons. The second-order valence-corrected chi connectivity index (χ2v) is 9.63. The Morgan fingerprint density at radius 1 is 1.12 bits per heavy atom. The van der Waals surface area contributed by atoms with E-state index in [0.29, 0.717) is 29.7 Å². The van der Waals surface area contributed by atoms with Crippen molar-refractivity contribution in [1.29, 1.82) is 0 Å². The Kier molecular flexibility index (Phi) is 6.18. The van der Waals surface area contributed by atoms with Gasteiger partial charge in [0.1, 0.15) is 11.4 Å². The maximum Gasteiger partial charge on any atom is 0.306 e. The summed E-state index contributed by atoms with van der Waals surface area (Å²) in [5.74, 6) is 0.998. The van der Waals surface area contributed by atoms with Crippen molar-refractivity contribution in [3.63, 3.8) is 0 Å². The summed E-state index contributed by atoms with van der Waals surface area (Å²) in [7, 11) is 0. The van der Waals surface area contributed by atoms with Gasteiger partial charge in [-0.2, -0.15) is 4.80 Å². The number of nitrogens with zero attached hydrogens (tertiary/aromatic N) is 5. The highest BCUT2D eigenvalue weighted by atomic mass is 32.1. The third-order valence-corrected chi connectivity index (χ3v) is 5.37. The number of rotatable bonds is 7. The van der Waals surface area contributed by atoms with Crippen molar-refractivity contribution in [3.05, 3.63) is 48.5 Å². The molecular weight excluding hydrogens is 426 g/mol. The summed E-state index contributed by atoms with van der Waals surface area (Å²) in [4.78, 5) is 18.0. The van der Waals surface area contributed by atoms with E-state index in [1.165, 1.54) is 16.1 Å². The third-order valence-electron chi connectivity index (χ3n) is 4.45. The van der Waals surface area contributed by atoms with Crippen molar-refractivity contribution >= 4 is 27.5 Å². The molecule has 0 amide bonds. The first-order chi connectivity index (χ1) is 15.2. The number of para-hydroxylation sites is 1. The Balaban J connectivity index is 1.36. The van der Waals surface area contributed by atoms with E-state index in [9.17, 15) is 4.79 Å². The summed E-state index contributed by atoms with van der Waals surface area (Å²) in [6.07, 6.45) is 0.298. The summed E-state index contributed by atoms with van der Waals surface area (Å²) in [5, 5.41) is 13.3. The maximum atomic E-state index is 12.0. The van der Waals surface area contributed by atoms with Crippen LogP contribution in [0.4, 0.5) is 0 Å². The van der Waals surface area contributed by atoms with Gasteiger partial charge >= 0.3 is 5.97 Å². The van der Waals surface area contributed by atoms with Gasteiger partial charge in [0.2, 0.25) is 5.82 Å². The van der Waals surface area contributed by atoms with Crippen LogP contribution in [0, 0.1) is 5.92 Å². The number of hydrogen-bond acceptors (Lipinski definition) is 8. The quantitative estimate of drug-likeness (QED) is 0.361. The van der Waals surface area contributed by atoms with Crippen molar-refractivity contribution in [2.45, 2.75) is 46.3 Å². The number of carbonyl (C=O) groups is 1. The molecule has 0 aliphatic rings. The largest absolute Gasteiger partial charge is 0.460 e. The van der Waals surface area contributed by atoms with E-state index in [1.807, 2.05) is 76.2 Å². The van der Waals surface area contributed by atoms with Gasteiger partial charge in [-0.15, -0.1) is 10.2 Å². The SMILES string of the molecule is C[C@@H](CC(=O)OC(C)(C)C)Cn1nnc(-c2ccc(Oc3nc4ccccc4s3)cc2)n1. The topological polar surface area (TPSA) is 92.0 Å². The van der Waals surface area contributed by atoms with Crippen LogP contribution in [0.15, 0.2) is 48.5 Å². The number of thiazole rings is 1. The Labute approximate surface area is 190 Å². The lowest BCUT2D eigenvalue weighted by molar-refractivity contribution is -0.155. The monoisotopic (exact) mass is 451 g/mol. The lowest BCUT2D eigenvalue weighted by Crippen LogP contribution is -2.25. The maximum absolute atomic E-state index is 12.0. The molecule has 0 spiro atoms. The molecule has 0 fully saturated rings. The highest BCUT2D eigenvalue weighted by Gasteiger charge is 2.19. The minimum absolute atomic E-state index is 0.0245. The van der Waals surface area contributed by atoms with Gasteiger partial charge in [0, 0.05) is 12.0 Å². The molecule has 2 heterocycles. The molecule has 4 rings (SSSR count). The van der Waals surface area contributed by atoms with E-state index in [4.69, 9.17) is 9.47 Å². The first kappa shape index (κ1) is 21.9. The van der Waals surface area contributed by atoms with Gasteiger partial charge in [-0.25, -0.2) is 4.98 Å². The molecule has 0 saturated carbocycles. The summed E-state index contributed by atoms with van der Waals surface area (Å²) < 4.78 is 12.3. The minimum atomic E-state index is -0.488. The first-order valence-electron chi connectivity index (χ1n) is 10.4. The number of fused-ring (bicyclic) bond motifs is 1. The second-order valence-electron chi connectivity index (χ2n) is 8.64. The van der Waals surface area contributed by atoms with Gasteiger partial charge in [-0.05, 0) is 68.3 Å². The molecule has 1 atom stereocenters. The Morgan fingerprint density at radius 3 is 2.59 bits per heavy atom. The van der Waals surface area contributed by atoms with Crippen molar-refractivity contribution in [3.8, 4) is 22.3 Å². The molecule has 0 unspecified atom stereocenters. The fourth-order valence-corrected chi connectivity index (χ4v) is 3.95. The number of ether oxygens (including phenoxy) is 2. The van der Waals surface area contributed by atoms with E-state index in [2.05, 4.69) is 20.4 Å². The number of carbonyl (C=O) groups excluding carboxylic acids is 1. The zero-order valence-electron chi connectivity index (χ0n) is 18.5. The zero-order valence-corrected chi connectivity index (χ0v) is 19.3. The molecule has 0 N–H and O–H groups in total. The van der Waals surface area contributed by atoms with E-state index < -0.39 is 5.60 Å².